The molecule has 19 heavy (non-hydrogen) atoms. The first kappa shape index (κ1) is 13.8. The summed E-state index contributed by atoms with van der Waals surface area (Å²) >= 11 is 5.97. The van der Waals surface area contributed by atoms with Crippen LogP contribution in [0.5, 0.6) is 0 Å². The van der Waals surface area contributed by atoms with Crippen molar-refractivity contribution in [2.45, 2.75) is 26.8 Å². The van der Waals surface area contributed by atoms with Crippen LogP contribution in [0.2, 0.25) is 5.02 Å². The third-order valence-corrected chi connectivity index (χ3v) is 3.42. The summed E-state index contributed by atoms with van der Waals surface area (Å²) in [6.45, 7) is 5.70. The van der Waals surface area contributed by atoms with Crippen molar-refractivity contribution in [1.29, 1.82) is 0 Å². The summed E-state index contributed by atoms with van der Waals surface area (Å²) < 4.78 is 1.98. The minimum Gasteiger partial charge on any atom is -0.324 e. The molecular weight excluding hydrogens is 260 g/mol. The number of pyridine rings is 1. The summed E-state index contributed by atoms with van der Waals surface area (Å²) in [5.41, 5.74) is 9.36. The fourth-order valence-corrected chi connectivity index (χ4v) is 2.36. The van der Waals surface area contributed by atoms with Crippen molar-refractivity contribution >= 4 is 11.6 Å². The second kappa shape index (κ2) is 5.19. The predicted octanol–water partition coefficient (Wildman–Crippen LogP) is 3.13. The number of halogens is 1. The highest BCUT2D eigenvalue weighted by molar-refractivity contribution is 6.30. The number of hydrogen-bond donors (Lipinski definition) is 1. The Bertz CT molecular complexity index is 674. The zero-order valence-corrected chi connectivity index (χ0v) is 12.0. The standard InChI is InChI=1S/C15H17ClN2O/c1-9-6-12(16)4-5-14(9)18-8-13(11(3)17)15(19)7-10(18)2/h4-8,11H,17H2,1-3H3. The van der Waals surface area contributed by atoms with E-state index in [1.807, 2.05) is 49.7 Å². The number of aromatic nitrogens is 1. The molecule has 3 nitrogen and oxygen atoms in total. The number of aryl methyl sites for hydroxylation is 2. The molecule has 1 atom stereocenters. The molecule has 0 spiro atoms. The summed E-state index contributed by atoms with van der Waals surface area (Å²) in [6, 6.07) is 7.02. The molecule has 0 aliphatic heterocycles. The maximum absolute atomic E-state index is 11.9. The molecule has 2 N–H and O–H groups in total. The third kappa shape index (κ3) is 2.72. The smallest absolute Gasteiger partial charge is 0.186 e. The Morgan fingerprint density at radius 2 is 1.95 bits per heavy atom. The van der Waals surface area contributed by atoms with Crippen molar-refractivity contribution in [3.05, 3.63) is 62.5 Å². The highest BCUT2D eigenvalue weighted by Crippen LogP contribution is 2.21. The van der Waals surface area contributed by atoms with Gasteiger partial charge in [0.05, 0.1) is 0 Å². The summed E-state index contributed by atoms with van der Waals surface area (Å²) in [4.78, 5) is 11.9. The van der Waals surface area contributed by atoms with E-state index >= 15 is 0 Å². The molecule has 100 valence electrons. The lowest BCUT2D eigenvalue weighted by Crippen LogP contribution is -2.20. The topological polar surface area (TPSA) is 48.0 Å². The van der Waals surface area contributed by atoms with Gasteiger partial charge in [-0.2, -0.15) is 0 Å². The lowest BCUT2D eigenvalue weighted by molar-refractivity contribution is 0.785. The van der Waals surface area contributed by atoms with Crippen LogP contribution in [0.25, 0.3) is 5.69 Å². The number of nitrogens with zero attached hydrogens (tertiary/aromatic N) is 1. The monoisotopic (exact) mass is 276 g/mol. The molecule has 2 aromatic rings. The summed E-state index contributed by atoms with van der Waals surface area (Å²) in [6.07, 6.45) is 1.82. The highest BCUT2D eigenvalue weighted by atomic mass is 35.5. The van der Waals surface area contributed by atoms with Gasteiger partial charge >= 0.3 is 0 Å². The van der Waals surface area contributed by atoms with E-state index < -0.39 is 0 Å². The molecule has 0 radical (unpaired) electrons. The number of benzene rings is 1. The maximum Gasteiger partial charge on any atom is 0.186 e. The van der Waals surface area contributed by atoms with Gasteiger partial charge in [0.25, 0.3) is 0 Å². The first-order valence-electron chi connectivity index (χ1n) is 6.15. The van der Waals surface area contributed by atoms with Crippen molar-refractivity contribution in [2.75, 3.05) is 0 Å². The van der Waals surface area contributed by atoms with Gasteiger partial charge in [0.2, 0.25) is 0 Å². The van der Waals surface area contributed by atoms with Gasteiger partial charge in [0.15, 0.2) is 5.43 Å². The van der Waals surface area contributed by atoms with Crippen molar-refractivity contribution < 1.29 is 0 Å². The molecule has 0 aliphatic rings. The first-order valence-corrected chi connectivity index (χ1v) is 6.53. The predicted molar refractivity (Wildman–Crippen MR) is 79.1 cm³/mol. The minimum atomic E-state index is -0.285. The van der Waals surface area contributed by atoms with Gasteiger partial charge in [-0.3, -0.25) is 4.79 Å². The van der Waals surface area contributed by atoms with Crippen LogP contribution in [0.4, 0.5) is 0 Å². The highest BCUT2D eigenvalue weighted by Gasteiger charge is 2.10. The van der Waals surface area contributed by atoms with E-state index in [1.165, 1.54) is 0 Å². The Labute approximate surface area is 117 Å². The van der Waals surface area contributed by atoms with Crippen molar-refractivity contribution in [1.82, 2.24) is 4.57 Å². The van der Waals surface area contributed by atoms with Gasteiger partial charge in [-0.25, -0.2) is 0 Å². The second-order valence-electron chi connectivity index (χ2n) is 4.82. The zero-order chi connectivity index (χ0) is 14.2. The molecule has 1 aromatic heterocycles. The van der Waals surface area contributed by atoms with Gasteiger partial charge < -0.3 is 10.3 Å². The van der Waals surface area contributed by atoms with Crippen LogP contribution >= 0.6 is 11.6 Å². The molecule has 1 heterocycles. The van der Waals surface area contributed by atoms with E-state index in [-0.39, 0.29) is 11.5 Å². The van der Waals surface area contributed by atoms with Crippen LogP contribution < -0.4 is 11.2 Å². The fourth-order valence-electron chi connectivity index (χ4n) is 2.14. The van der Waals surface area contributed by atoms with E-state index in [4.69, 9.17) is 17.3 Å². The van der Waals surface area contributed by atoms with Crippen LogP contribution in [-0.2, 0) is 0 Å². The molecule has 0 saturated heterocycles. The molecule has 0 fully saturated rings. The van der Waals surface area contributed by atoms with E-state index in [9.17, 15) is 4.79 Å². The maximum atomic E-state index is 11.9. The molecular formula is C15H17ClN2O. The van der Waals surface area contributed by atoms with Gasteiger partial charge in [-0.15, -0.1) is 0 Å². The third-order valence-electron chi connectivity index (χ3n) is 3.18. The second-order valence-corrected chi connectivity index (χ2v) is 5.26. The van der Waals surface area contributed by atoms with Gasteiger partial charge in [0.1, 0.15) is 0 Å². The number of rotatable bonds is 2. The normalized spacial score (nSPS) is 12.5. The molecule has 4 heteroatoms. The molecule has 0 bridgehead atoms. The Morgan fingerprint density at radius 1 is 1.26 bits per heavy atom. The van der Waals surface area contributed by atoms with E-state index in [2.05, 4.69) is 0 Å². The van der Waals surface area contributed by atoms with E-state index in [0.717, 1.165) is 16.9 Å². The Balaban J connectivity index is 2.68. The van der Waals surface area contributed by atoms with Crippen molar-refractivity contribution in [3.8, 4) is 5.69 Å². The Kier molecular flexibility index (Phi) is 3.78. The van der Waals surface area contributed by atoms with Crippen LogP contribution in [0.3, 0.4) is 0 Å². The lowest BCUT2D eigenvalue weighted by Gasteiger charge is -2.16. The van der Waals surface area contributed by atoms with E-state index in [1.54, 1.807) is 6.07 Å². The molecule has 1 unspecified atom stereocenters. The Hall–Kier alpha value is -1.58. The summed E-state index contributed by atoms with van der Waals surface area (Å²) in [5.74, 6) is 0. The molecule has 1 aromatic carbocycles. The average molecular weight is 277 g/mol. The Morgan fingerprint density at radius 3 is 2.53 bits per heavy atom. The van der Waals surface area contributed by atoms with Crippen LogP contribution in [-0.4, -0.2) is 4.57 Å². The van der Waals surface area contributed by atoms with Gasteiger partial charge in [0, 0.05) is 40.3 Å². The largest absolute Gasteiger partial charge is 0.324 e. The van der Waals surface area contributed by atoms with Crippen LogP contribution in [0.1, 0.15) is 29.8 Å². The number of nitrogens with two attached hydrogens (primary N) is 1. The van der Waals surface area contributed by atoms with Crippen molar-refractivity contribution in [2.24, 2.45) is 5.73 Å². The van der Waals surface area contributed by atoms with Crippen LogP contribution in [0.15, 0.2) is 35.3 Å². The summed E-state index contributed by atoms with van der Waals surface area (Å²) in [5, 5.41) is 0.701. The number of hydrogen-bond acceptors (Lipinski definition) is 2. The molecule has 0 amide bonds. The molecule has 0 aliphatic carbocycles. The minimum absolute atomic E-state index is 0.0182. The molecule has 2 rings (SSSR count). The fraction of sp³-hybridized carbons (Fsp3) is 0.267. The molecule has 0 saturated carbocycles. The quantitative estimate of drug-likeness (QED) is 0.916. The average Bonchev–Trinajstić information content (AvgIpc) is 2.30. The SMILES string of the molecule is Cc1cc(Cl)ccc1-n1cc(C(C)N)c(=O)cc1C. The van der Waals surface area contributed by atoms with Gasteiger partial charge in [-0.1, -0.05) is 11.6 Å². The lowest BCUT2D eigenvalue weighted by atomic mass is 10.1. The van der Waals surface area contributed by atoms with Crippen LogP contribution in [0, 0.1) is 13.8 Å². The van der Waals surface area contributed by atoms with E-state index in [0.29, 0.717) is 10.6 Å². The first-order chi connectivity index (χ1) is 8.90. The zero-order valence-electron chi connectivity index (χ0n) is 11.3. The van der Waals surface area contributed by atoms with Gasteiger partial charge in [-0.05, 0) is 44.5 Å². The summed E-state index contributed by atoms with van der Waals surface area (Å²) in [7, 11) is 0. The van der Waals surface area contributed by atoms with Crippen molar-refractivity contribution in [3.63, 3.8) is 0 Å².